The molecule has 0 saturated heterocycles. The summed E-state index contributed by atoms with van der Waals surface area (Å²) < 4.78 is 5.22. The molecule has 1 aliphatic rings. The zero-order chi connectivity index (χ0) is 23.8. The Morgan fingerprint density at radius 1 is 1.06 bits per heavy atom. The lowest BCUT2D eigenvalue weighted by Crippen LogP contribution is -2.54. The molecule has 0 saturated carbocycles. The van der Waals surface area contributed by atoms with Gasteiger partial charge in [0.25, 0.3) is 0 Å². The van der Waals surface area contributed by atoms with E-state index in [1.165, 1.54) is 4.90 Å². The largest absolute Gasteiger partial charge is 0.480 e. The number of nitrogens with one attached hydrogen (secondary N) is 1. The summed E-state index contributed by atoms with van der Waals surface area (Å²) >= 11 is 0. The summed E-state index contributed by atoms with van der Waals surface area (Å²) in [6, 6.07) is 16.1. The van der Waals surface area contributed by atoms with Crippen LogP contribution in [0.4, 0.5) is 0 Å². The summed E-state index contributed by atoms with van der Waals surface area (Å²) in [5, 5.41) is 12.6. The molecule has 7 nitrogen and oxygen atoms in total. The molecule has 0 spiro atoms. The van der Waals surface area contributed by atoms with Gasteiger partial charge in [0.05, 0.1) is 12.6 Å². The summed E-state index contributed by atoms with van der Waals surface area (Å²) in [5.74, 6) is -1.80. The maximum Gasteiger partial charge on any atom is 0.323 e. The van der Waals surface area contributed by atoms with Crippen molar-refractivity contribution in [2.24, 2.45) is 0 Å². The molecule has 0 heterocycles. The van der Waals surface area contributed by atoms with Gasteiger partial charge >= 0.3 is 11.9 Å². The van der Waals surface area contributed by atoms with Gasteiger partial charge in [-0.2, -0.15) is 0 Å². The highest BCUT2D eigenvalue weighted by Gasteiger charge is 2.34. The van der Waals surface area contributed by atoms with Crippen molar-refractivity contribution >= 4 is 30.3 Å². The Labute approximate surface area is 206 Å². The molecule has 0 fully saturated rings. The van der Waals surface area contributed by atoms with E-state index in [0.29, 0.717) is 25.7 Å². The number of nitrogens with zero attached hydrogens (tertiary/aromatic N) is 1. The number of fused-ring (bicyclic) bond motifs is 1. The third-order valence-electron chi connectivity index (χ3n) is 6.02. The fourth-order valence-electron chi connectivity index (χ4n) is 4.38. The van der Waals surface area contributed by atoms with E-state index in [0.717, 1.165) is 16.7 Å². The summed E-state index contributed by atoms with van der Waals surface area (Å²) in [6.45, 7) is 3.29. The van der Waals surface area contributed by atoms with Crippen molar-refractivity contribution in [3.05, 3.63) is 71.3 Å². The third kappa shape index (κ3) is 7.30. The number of esters is 1. The van der Waals surface area contributed by atoms with Gasteiger partial charge in [-0.1, -0.05) is 54.6 Å². The van der Waals surface area contributed by atoms with E-state index in [2.05, 4.69) is 5.32 Å². The number of ether oxygens (including phenoxy) is 1. The Kier molecular flexibility index (Phi) is 10.5. The lowest BCUT2D eigenvalue weighted by atomic mass is 10.0. The predicted molar refractivity (Wildman–Crippen MR) is 132 cm³/mol. The van der Waals surface area contributed by atoms with Crippen molar-refractivity contribution in [3.63, 3.8) is 0 Å². The highest BCUT2D eigenvalue weighted by molar-refractivity contribution is 5.86. The van der Waals surface area contributed by atoms with E-state index in [1.807, 2.05) is 54.6 Å². The van der Waals surface area contributed by atoms with Gasteiger partial charge in [0.1, 0.15) is 12.6 Å². The minimum atomic E-state index is -1.06. The van der Waals surface area contributed by atoms with E-state index < -0.39 is 24.0 Å². The molecule has 2 aromatic rings. The van der Waals surface area contributed by atoms with Crippen molar-refractivity contribution in [2.45, 2.75) is 57.7 Å². The first-order valence-corrected chi connectivity index (χ1v) is 11.4. The van der Waals surface area contributed by atoms with Gasteiger partial charge in [-0.3, -0.25) is 19.7 Å². The minimum Gasteiger partial charge on any atom is -0.480 e. The first-order chi connectivity index (χ1) is 15.9. The SMILES string of the molecule is CCOC(=O)C(CCc1ccccc1)NC(C)C(=O)N(CC(=O)O)C1Cc2ccccc2C1.Cl. The number of halogens is 1. The number of hydrogen-bond donors (Lipinski definition) is 2. The average Bonchev–Trinajstić information content (AvgIpc) is 3.24. The molecule has 2 aromatic carbocycles. The zero-order valence-corrected chi connectivity index (χ0v) is 20.4. The standard InChI is InChI=1S/C26H32N2O5.ClH/c1-3-33-26(32)23(14-13-19-9-5-4-6-10-19)27-18(2)25(31)28(17-24(29)30)22-15-20-11-7-8-12-21(20)16-22;/h4-12,18,22-23,27H,3,13-17H2,1-2H3,(H,29,30);1H. The number of carbonyl (C=O) groups is 3. The Bertz CT molecular complexity index is 944. The number of benzene rings is 2. The number of rotatable bonds is 11. The van der Waals surface area contributed by atoms with Gasteiger partial charge in [0.15, 0.2) is 0 Å². The van der Waals surface area contributed by atoms with Gasteiger partial charge in [0, 0.05) is 6.04 Å². The molecule has 2 unspecified atom stereocenters. The lowest BCUT2D eigenvalue weighted by Gasteiger charge is -2.31. The van der Waals surface area contributed by atoms with Crippen LogP contribution < -0.4 is 5.32 Å². The molecule has 184 valence electrons. The van der Waals surface area contributed by atoms with Crippen LogP contribution in [-0.2, 0) is 38.4 Å². The Morgan fingerprint density at radius 2 is 1.65 bits per heavy atom. The molecule has 0 radical (unpaired) electrons. The second-order valence-electron chi connectivity index (χ2n) is 8.41. The molecule has 8 heteroatoms. The van der Waals surface area contributed by atoms with Crippen LogP contribution in [0.1, 0.15) is 37.0 Å². The molecular weight excluding hydrogens is 456 g/mol. The summed E-state index contributed by atoms with van der Waals surface area (Å²) in [6.07, 6.45) is 2.36. The molecular formula is C26H33ClN2O5. The number of carbonyl (C=O) groups excluding carboxylic acids is 2. The van der Waals surface area contributed by atoms with E-state index in [-0.39, 0.29) is 37.5 Å². The lowest BCUT2D eigenvalue weighted by molar-refractivity contribution is -0.149. The molecule has 0 aromatic heterocycles. The van der Waals surface area contributed by atoms with E-state index >= 15 is 0 Å². The molecule has 2 atom stereocenters. The van der Waals surface area contributed by atoms with Crippen LogP contribution in [-0.4, -0.2) is 59.1 Å². The fraction of sp³-hybridized carbons (Fsp3) is 0.423. The summed E-state index contributed by atoms with van der Waals surface area (Å²) in [4.78, 5) is 38.9. The van der Waals surface area contributed by atoms with Crippen LogP contribution in [0.5, 0.6) is 0 Å². The summed E-state index contributed by atoms with van der Waals surface area (Å²) in [7, 11) is 0. The number of carboxylic acids is 1. The Hall–Kier alpha value is -2.90. The predicted octanol–water partition coefficient (Wildman–Crippen LogP) is 3.03. The van der Waals surface area contributed by atoms with Gasteiger partial charge < -0.3 is 14.7 Å². The smallest absolute Gasteiger partial charge is 0.323 e. The number of carboxylic acid groups (broad SMARTS) is 1. The van der Waals surface area contributed by atoms with Crippen molar-refractivity contribution in [3.8, 4) is 0 Å². The molecule has 3 rings (SSSR count). The molecule has 1 aliphatic carbocycles. The minimum absolute atomic E-state index is 0. The first kappa shape index (κ1) is 27.3. The topological polar surface area (TPSA) is 95.9 Å². The third-order valence-corrected chi connectivity index (χ3v) is 6.02. The molecule has 2 N–H and O–H groups in total. The van der Waals surface area contributed by atoms with Crippen LogP contribution in [0, 0.1) is 0 Å². The Balaban J connectivity index is 0.00000408. The average molecular weight is 489 g/mol. The van der Waals surface area contributed by atoms with Crippen LogP contribution in [0.3, 0.4) is 0 Å². The van der Waals surface area contributed by atoms with E-state index in [4.69, 9.17) is 4.74 Å². The van der Waals surface area contributed by atoms with Crippen molar-refractivity contribution in [2.75, 3.05) is 13.2 Å². The van der Waals surface area contributed by atoms with Crippen molar-refractivity contribution < 1.29 is 24.2 Å². The highest BCUT2D eigenvalue weighted by atomic mass is 35.5. The number of aliphatic carboxylic acids is 1. The van der Waals surface area contributed by atoms with Gasteiger partial charge in [0.2, 0.25) is 5.91 Å². The number of hydrogen-bond acceptors (Lipinski definition) is 5. The van der Waals surface area contributed by atoms with Gasteiger partial charge in [-0.25, -0.2) is 0 Å². The molecule has 34 heavy (non-hydrogen) atoms. The van der Waals surface area contributed by atoms with Gasteiger partial charge in [-0.05, 0) is 56.2 Å². The number of aryl methyl sites for hydroxylation is 1. The fourth-order valence-corrected chi connectivity index (χ4v) is 4.38. The second kappa shape index (κ2) is 13.1. The van der Waals surface area contributed by atoms with Crippen LogP contribution >= 0.6 is 12.4 Å². The molecule has 1 amide bonds. The normalized spacial score (nSPS) is 14.4. The van der Waals surface area contributed by atoms with Crippen LogP contribution in [0.15, 0.2) is 54.6 Å². The van der Waals surface area contributed by atoms with Crippen molar-refractivity contribution in [1.29, 1.82) is 0 Å². The van der Waals surface area contributed by atoms with Crippen LogP contribution in [0.25, 0.3) is 0 Å². The van der Waals surface area contributed by atoms with E-state index in [1.54, 1.807) is 13.8 Å². The molecule has 0 aliphatic heterocycles. The van der Waals surface area contributed by atoms with Crippen molar-refractivity contribution in [1.82, 2.24) is 10.2 Å². The summed E-state index contributed by atoms with van der Waals surface area (Å²) in [5.41, 5.74) is 3.36. The zero-order valence-electron chi connectivity index (χ0n) is 19.6. The quantitative estimate of drug-likeness (QED) is 0.472. The van der Waals surface area contributed by atoms with E-state index in [9.17, 15) is 19.5 Å². The van der Waals surface area contributed by atoms with Gasteiger partial charge in [-0.15, -0.1) is 12.4 Å². The maximum absolute atomic E-state index is 13.4. The maximum atomic E-state index is 13.4. The molecule has 0 bridgehead atoms. The first-order valence-electron chi connectivity index (χ1n) is 11.4. The van der Waals surface area contributed by atoms with Crippen LogP contribution in [0.2, 0.25) is 0 Å². The monoisotopic (exact) mass is 488 g/mol. The number of amides is 1. The Morgan fingerprint density at radius 3 is 2.21 bits per heavy atom. The second-order valence-corrected chi connectivity index (χ2v) is 8.41. The highest BCUT2D eigenvalue weighted by Crippen LogP contribution is 2.26.